The molecule has 6 rings (SSSR count). The van der Waals surface area contributed by atoms with Crippen LogP contribution < -0.4 is 4.74 Å². The number of hydroxylamine groups is 3. The number of aromatic nitrogens is 1. The largest absolute Gasteiger partial charge is 0.488 e. The number of hydrogen-bond donors (Lipinski definition) is 3. The summed E-state index contributed by atoms with van der Waals surface area (Å²) < 4.78 is 25.7. The van der Waals surface area contributed by atoms with Crippen molar-refractivity contribution < 1.29 is 58.2 Å². The number of carbonyl (C=O) groups excluding carboxylic acids is 4. The molecule has 1 aromatic carbocycles. The van der Waals surface area contributed by atoms with Crippen LogP contribution in [0.5, 0.6) is 5.75 Å². The molecule has 3 fully saturated rings. The molecule has 68 heavy (non-hydrogen) atoms. The molecule has 2 aromatic rings. The molecule has 16 atom stereocenters. The van der Waals surface area contributed by atoms with Crippen LogP contribution in [0.3, 0.4) is 0 Å². The number of quaternary nitrogens is 1. The Labute approximate surface area is 405 Å². The molecule has 13 heteroatoms. The number of rotatable bonds is 9. The smallest absolute Gasteiger partial charge is 0.414 e. The van der Waals surface area contributed by atoms with Crippen LogP contribution in [0.25, 0.3) is 10.9 Å². The van der Waals surface area contributed by atoms with Crippen LogP contribution in [-0.2, 0) is 39.9 Å². The first-order chi connectivity index (χ1) is 32.4. The van der Waals surface area contributed by atoms with Gasteiger partial charge in [-0.1, -0.05) is 51.3 Å². The van der Waals surface area contributed by atoms with E-state index in [-0.39, 0.29) is 61.4 Å². The third-order valence-corrected chi connectivity index (χ3v) is 17.0. The zero-order valence-electron chi connectivity index (χ0n) is 42.6. The number of nitrogens with zero attached hydrogens (tertiary/aromatic N) is 2. The zero-order chi connectivity index (χ0) is 49.6. The number of benzene rings is 1. The van der Waals surface area contributed by atoms with Crippen molar-refractivity contribution in [3.63, 3.8) is 0 Å². The number of methoxy groups -OCH3 is 3. The minimum absolute atomic E-state index is 0.0225. The molecule has 2 aliphatic heterocycles. The molecule has 13 nitrogen and oxygen atoms in total. The number of ketones is 3. The van der Waals surface area contributed by atoms with Gasteiger partial charge in [0.1, 0.15) is 36.0 Å². The average Bonchev–Trinajstić information content (AvgIpc) is 3.76. The Hall–Kier alpha value is -3.56. The molecule has 2 aliphatic carbocycles. The summed E-state index contributed by atoms with van der Waals surface area (Å²) in [6.07, 6.45) is 8.27. The minimum atomic E-state index is -1.11. The molecular weight excluding hydrogens is 865 g/mol. The lowest BCUT2D eigenvalue weighted by atomic mass is 9.70. The number of aliphatic hydroxyl groups excluding tert-OH is 2. The van der Waals surface area contributed by atoms with E-state index in [1.165, 1.54) is 0 Å². The van der Waals surface area contributed by atoms with E-state index in [0.29, 0.717) is 44.1 Å². The van der Waals surface area contributed by atoms with Crippen molar-refractivity contribution in [2.24, 2.45) is 47.3 Å². The number of aliphatic hydroxyl groups is 2. The van der Waals surface area contributed by atoms with Gasteiger partial charge in [0.05, 0.1) is 36.4 Å². The quantitative estimate of drug-likeness (QED) is 0.0952. The summed E-state index contributed by atoms with van der Waals surface area (Å²) in [7, 11) is 4.86. The summed E-state index contributed by atoms with van der Waals surface area (Å²) >= 11 is 0. The van der Waals surface area contributed by atoms with Crippen molar-refractivity contribution in [1.82, 2.24) is 4.57 Å². The Morgan fingerprint density at radius 1 is 0.824 bits per heavy atom. The van der Waals surface area contributed by atoms with Crippen molar-refractivity contribution in [2.75, 3.05) is 27.9 Å². The molecule has 1 aromatic heterocycles. The normalized spacial score (nSPS) is 38.6. The topological polar surface area (TPSA) is 171 Å². The van der Waals surface area contributed by atoms with Crippen LogP contribution in [0, 0.1) is 47.3 Å². The zero-order valence-corrected chi connectivity index (χ0v) is 42.6. The minimum Gasteiger partial charge on any atom is -0.488 e. The van der Waals surface area contributed by atoms with Crippen molar-refractivity contribution in [3.8, 4) is 5.75 Å². The Kier molecular flexibility index (Phi) is 18.6. The number of amides is 1. The van der Waals surface area contributed by atoms with Crippen molar-refractivity contribution >= 4 is 34.2 Å². The number of piperidine rings is 1. The number of fused-ring (bicyclic) bond motifs is 4. The van der Waals surface area contributed by atoms with Crippen molar-refractivity contribution in [1.29, 1.82) is 0 Å². The molecule has 378 valence electrons. The summed E-state index contributed by atoms with van der Waals surface area (Å²) in [5.74, 6) is -5.06. The van der Waals surface area contributed by atoms with Gasteiger partial charge in [0.25, 0.3) is 5.78 Å². The first-order valence-corrected chi connectivity index (χ1v) is 25.7. The molecule has 1 saturated heterocycles. The Morgan fingerprint density at radius 3 is 2.16 bits per heavy atom. The maximum atomic E-state index is 14.9. The van der Waals surface area contributed by atoms with Crippen molar-refractivity contribution in [3.05, 3.63) is 53.8 Å². The van der Waals surface area contributed by atoms with Gasteiger partial charge in [-0.25, -0.2) is 10.0 Å². The van der Waals surface area contributed by atoms with E-state index in [0.717, 1.165) is 48.0 Å². The van der Waals surface area contributed by atoms with Gasteiger partial charge in [-0.3, -0.25) is 14.4 Å². The predicted octanol–water partition coefficient (Wildman–Crippen LogP) is 8.62. The molecule has 1 amide bonds. The molecule has 3 heterocycles. The SMILES string of the molecule is CCC1/C=C(\C)C(O)C(C)CC(OC)C2C[N+](O)(C(=O)C(=O)C3CCCCC3C(=O)CC(C(C)=CC3CCC(Oc4ccc5c(ccn5CC)c4)C(OC)C3)C(C)C(O)CC1=O)C(C)CC2OC. The third-order valence-electron chi connectivity index (χ3n) is 17.0. The predicted molar refractivity (Wildman–Crippen MR) is 261 cm³/mol. The van der Waals surface area contributed by atoms with Gasteiger partial charge in [-0.2, -0.15) is 0 Å². The monoisotopic (exact) mass is 948 g/mol. The summed E-state index contributed by atoms with van der Waals surface area (Å²) in [4.78, 5) is 58.1. The average molecular weight is 948 g/mol. The number of ether oxygens (including phenoxy) is 4. The Bertz CT molecular complexity index is 2130. The van der Waals surface area contributed by atoms with Crippen LogP contribution in [0.2, 0.25) is 0 Å². The van der Waals surface area contributed by atoms with Crippen LogP contribution in [-0.4, -0.2) is 118 Å². The van der Waals surface area contributed by atoms with Crippen LogP contribution >= 0.6 is 0 Å². The van der Waals surface area contributed by atoms with Gasteiger partial charge in [0.15, 0.2) is 0 Å². The van der Waals surface area contributed by atoms with E-state index in [2.05, 4.69) is 42.0 Å². The molecule has 16 unspecified atom stereocenters. The number of hydrogen-bond acceptors (Lipinski definition) is 11. The fourth-order valence-corrected chi connectivity index (χ4v) is 12.4. The van der Waals surface area contributed by atoms with Gasteiger partial charge in [0.2, 0.25) is 0 Å². The van der Waals surface area contributed by atoms with E-state index >= 15 is 0 Å². The number of carbonyl (C=O) groups is 4. The van der Waals surface area contributed by atoms with Gasteiger partial charge in [-0.15, -0.1) is 4.65 Å². The second kappa shape index (κ2) is 23.6. The Morgan fingerprint density at radius 2 is 1.50 bits per heavy atom. The van der Waals surface area contributed by atoms with Crippen LogP contribution in [0.4, 0.5) is 0 Å². The third kappa shape index (κ3) is 11.8. The lowest BCUT2D eigenvalue weighted by molar-refractivity contribution is -1.06. The van der Waals surface area contributed by atoms with Gasteiger partial charge >= 0.3 is 5.91 Å². The molecular formula is C55H83N2O11+. The van der Waals surface area contributed by atoms with Crippen molar-refractivity contribution in [2.45, 2.75) is 175 Å². The summed E-state index contributed by atoms with van der Waals surface area (Å²) in [6, 6.07) is 7.62. The standard InChI is InChI=1S/C55H83N2O11/c1-11-38-24-33(4)53(61)34(5)25-50(65-8)44-31-57(64,35(6)26-51(44)66-9)55(63)54(62)42-16-14-13-15-41(42)48(60)29-43(36(7)46(58)30-47(38)59)32(3)23-37-17-20-49(52(27-37)67-10)68-40-18-19-45-39(28-40)21-22-56(45)12-2/h18-19,21-24,28,34-38,41-44,46,49-53,58,61,64H,11-17,20,25-27,29-31H2,1-10H3/q+1/b32-23?,33-24+. The molecule has 4 aliphatic rings. The lowest BCUT2D eigenvalue weighted by Crippen LogP contribution is -2.67. The second-order valence-corrected chi connectivity index (χ2v) is 21.2. The number of allylic oxidation sites excluding steroid dienone is 3. The van der Waals surface area contributed by atoms with Crippen LogP contribution in [0.1, 0.15) is 126 Å². The van der Waals surface area contributed by atoms with E-state index in [4.69, 9.17) is 18.9 Å². The summed E-state index contributed by atoms with van der Waals surface area (Å²) in [5, 5.41) is 37.1. The summed E-state index contributed by atoms with van der Waals surface area (Å²) in [6.45, 7) is 14.2. The van der Waals surface area contributed by atoms with Gasteiger partial charge in [-0.05, 0) is 126 Å². The number of aryl methyl sites for hydroxylation is 1. The highest BCUT2D eigenvalue weighted by molar-refractivity contribution is 6.34. The van der Waals surface area contributed by atoms with Crippen LogP contribution in [0.15, 0.2) is 53.8 Å². The molecule has 2 saturated carbocycles. The highest BCUT2D eigenvalue weighted by Gasteiger charge is 2.57. The van der Waals surface area contributed by atoms with E-state index in [1.54, 1.807) is 35.2 Å². The Balaban J connectivity index is 1.31. The van der Waals surface area contributed by atoms with E-state index in [9.17, 15) is 34.6 Å². The fourth-order valence-electron chi connectivity index (χ4n) is 12.4. The maximum absolute atomic E-state index is 14.9. The van der Waals surface area contributed by atoms with Gasteiger partial charge in [0, 0.05) is 82.0 Å². The maximum Gasteiger partial charge on any atom is 0.414 e. The summed E-state index contributed by atoms with van der Waals surface area (Å²) in [5.41, 5.74) is 2.71. The van der Waals surface area contributed by atoms with E-state index in [1.807, 2.05) is 39.8 Å². The fraction of sp³-hybridized carbons (Fsp3) is 0.709. The first-order valence-electron chi connectivity index (χ1n) is 25.7. The first kappa shape index (κ1) is 53.8. The van der Waals surface area contributed by atoms with Gasteiger partial charge < -0.3 is 33.7 Å². The molecule has 0 radical (unpaired) electrons. The molecule has 0 spiro atoms. The highest BCUT2D eigenvalue weighted by Crippen LogP contribution is 2.41. The lowest BCUT2D eigenvalue weighted by Gasteiger charge is -2.46. The molecule has 3 N–H and O–H groups in total. The molecule has 2 bridgehead atoms. The second-order valence-electron chi connectivity index (χ2n) is 21.2. The number of Topliss-reactive ketones (excluding diaryl/α,β-unsaturated/α-hetero) is 3. The van der Waals surface area contributed by atoms with E-state index < -0.39 is 82.3 Å². The highest BCUT2D eigenvalue weighted by atomic mass is 16.6.